The number of ether oxygens (including phenoxy) is 1. The molecule has 37 heavy (non-hydrogen) atoms. The molecule has 0 fully saturated rings. The summed E-state index contributed by atoms with van der Waals surface area (Å²) in [6.07, 6.45) is 0. The third kappa shape index (κ3) is 6.93. The van der Waals surface area contributed by atoms with E-state index < -0.39 is 11.9 Å². The molecule has 0 saturated carbocycles. The Morgan fingerprint density at radius 2 is 0.919 bits per heavy atom. The van der Waals surface area contributed by atoms with Gasteiger partial charge < -0.3 is 15.6 Å². The summed E-state index contributed by atoms with van der Waals surface area (Å²) < 4.78 is 5.28. The zero-order valence-electron chi connectivity index (χ0n) is 20.0. The number of carboxylic acids is 1. The van der Waals surface area contributed by atoms with Gasteiger partial charge in [-0.25, -0.2) is 9.59 Å². The van der Waals surface area contributed by atoms with Crippen LogP contribution in [0.25, 0.3) is 22.3 Å². The fourth-order valence-corrected chi connectivity index (χ4v) is 3.57. The number of esters is 1. The van der Waals surface area contributed by atoms with Crippen molar-refractivity contribution >= 4 is 17.6 Å². The quantitative estimate of drug-likeness (QED) is 0.155. The molecule has 0 unspecified atom stereocenters. The van der Waals surface area contributed by atoms with Gasteiger partial charge in [0, 0.05) is 5.69 Å². The molecule has 0 radical (unpaired) electrons. The van der Waals surface area contributed by atoms with Crippen LogP contribution in [0.4, 0.5) is 5.69 Å². The number of aromatic carboxylic acids is 1. The van der Waals surface area contributed by atoms with E-state index in [2.05, 4.69) is 48.5 Å². The SMILES string of the molecule is Nc1ccc(OC(=O)c2ccc(-c3ccc(C(=O)O)cc3)cc2)cc1.c1ccc(-c2ccccc2)cc1. The molecule has 182 valence electrons. The highest BCUT2D eigenvalue weighted by Crippen LogP contribution is 2.22. The van der Waals surface area contributed by atoms with E-state index in [4.69, 9.17) is 15.6 Å². The van der Waals surface area contributed by atoms with E-state index in [-0.39, 0.29) is 5.56 Å². The fraction of sp³-hybridized carbons (Fsp3) is 0. The Kier molecular flexibility index (Phi) is 8.09. The van der Waals surface area contributed by atoms with Crippen LogP contribution in [0.3, 0.4) is 0 Å². The second-order valence-electron chi connectivity index (χ2n) is 8.15. The molecule has 0 heterocycles. The molecule has 5 aromatic carbocycles. The molecule has 0 atom stereocenters. The first-order valence-electron chi connectivity index (χ1n) is 11.6. The topological polar surface area (TPSA) is 89.6 Å². The van der Waals surface area contributed by atoms with Gasteiger partial charge in [0.25, 0.3) is 0 Å². The van der Waals surface area contributed by atoms with Crippen molar-refractivity contribution in [3.05, 3.63) is 145 Å². The first-order valence-corrected chi connectivity index (χ1v) is 11.6. The molecule has 0 spiro atoms. The Bertz CT molecular complexity index is 1410. The van der Waals surface area contributed by atoms with Crippen LogP contribution in [-0.4, -0.2) is 17.0 Å². The van der Waals surface area contributed by atoms with Gasteiger partial charge in [0.05, 0.1) is 11.1 Å². The average Bonchev–Trinajstić information content (AvgIpc) is 2.96. The lowest BCUT2D eigenvalue weighted by Crippen LogP contribution is -2.08. The third-order valence-electron chi connectivity index (χ3n) is 5.56. The summed E-state index contributed by atoms with van der Waals surface area (Å²) in [7, 11) is 0. The van der Waals surface area contributed by atoms with Gasteiger partial charge >= 0.3 is 11.9 Å². The number of carbonyl (C=O) groups excluding carboxylic acids is 1. The summed E-state index contributed by atoms with van der Waals surface area (Å²) >= 11 is 0. The molecular formula is C32H25NO4. The van der Waals surface area contributed by atoms with Gasteiger partial charge in [-0.1, -0.05) is 84.9 Å². The molecule has 5 aromatic rings. The van der Waals surface area contributed by atoms with Gasteiger partial charge in [0.15, 0.2) is 0 Å². The number of anilines is 1. The van der Waals surface area contributed by atoms with Crippen LogP contribution in [0.15, 0.2) is 133 Å². The van der Waals surface area contributed by atoms with Gasteiger partial charge in [-0.05, 0) is 70.8 Å². The maximum absolute atomic E-state index is 12.1. The van der Waals surface area contributed by atoms with Crippen LogP contribution < -0.4 is 10.5 Å². The largest absolute Gasteiger partial charge is 0.478 e. The molecule has 0 saturated heterocycles. The highest BCUT2D eigenvalue weighted by atomic mass is 16.5. The second kappa shape index (κ2) is 12.0. The van der Waals surface area contributed by atoms with Gasteiger partial charge in [-0.2, -0.15) is 0 Å². The first-order chi connectivity index (χ1) is 18.0. The van der Waals surface area contributed by atoms with Crippen LogP contribution >= 0.6 is 0 Å². The smallest absolute Gasteiger partial charge is 0.343 e. The summed E-state index contributed by atoms with van der Waals surface area (Å²) in [5, 5.41) is 8.92. The summed E-state index contributed by atoms with van der Waals surface area (Å²) in [5.74, 6) is -1.00. The van der Waals surface area contributed by atoms with Gasteiger partial charge in [-0.3, -0.25) is 0 Å². The van der Waals surface area contributed by atoms with Crippen molar-refractivity contribution in [1.82, 2.24) is 0 Å². The van der Waals surface area contributed by atoms with E-state index in [1.165, 1.54) is 11.1 Å². The molecule has 0 aliphatic carbocycles. The summed E-state index contributed by atoms with van der Waals surface area (Å²) in [6.45, 7) is 0. The molecule has 0 aliphatic rings. The predicted molar refractivity (Wildman–Crippen MR) is 147 cm³/mol. The van der Waals surface area contributed by atoms with Crippen LogP contribution in [0.5, 0.6) is 5.75 Å². The van der Waals surface area contributed by atoms with Gasteiger partial charge in [0.2, 0.25) is 0 Å². The number of carbonyl (C=O) groups is 2. The van der Waals surface area contributed by atoms with E-state index >= 15 is 0 Å². The number of hydrogen-bond acceptors (Lipinski definition) is 4. The summed E-state index contributed by atoms with van der Waals surface area (Å²) in [6, 6.07) is 40.8. The van der Waals surface area contributed by atoms with E-state index in [9.17, 15) is 9.59 Å². The Morgan fingerprint density at radius 3 is 1.35 bits per heavy atom. The molecule has 0 bridgehead atoms. The molecule has 5 heteroatoms. The first kappa shape index (κ1) is 24.9. The summed E-state index contributed by atoms with van der Waals surface area (Å²) in [4.78, 5) is 23.0. The molecular weight excluding hydrogens is 462 g/mol. The summed E-state index contributed by atoms with van der Waals surface area (Å²) in [5.41, 5.74) is 11.1. The lowest BCUT2D eigenvalue weighted by Gasteiger charge is -2.06. The number of rotatable bonds is 5. The zero-order valence-corrected chi connectivity index (χ0v) is 20.0. The molecule has 0 aliphatic heterocycles. The lowest BCUT2D eigenvalue weighted by atomic mass is 10.0. The molecule has 0 amide bonds. The Hall–Kier alpha value is -5.16. The van der Waals surface area contributed by atoms with E-state index in [0.29, 0.717) is 17.0 Å². The fourth-order valence-electron chi connectivity index (χ4n) is 3.57. The minimum atomic E-state index is -0.965. The second-order valence-corrected chi connectivity index (χ2v) is 8.15. The van der Waals surface area contributed by atoms with Crippen molar-refractivity contribution in [2.45, 2.75) is 0 Å². The van der Waals surface area contributed by atoms with Crippen molar-refractivity contribution in [3.63, 3.8) is 0 Å². The van der Waals surface area contributed by atoms with Crippen LogP contribution in [0.2, 0.25) is 0 Å². The zero-order chi connectivity index (χ0) is 26.0. The normalized spacial score (nSPS) is 10.1. The van der Waals surface area contributed by atoms with Gasteiger partial charge in [0.1, 0.15) is 5.75 Å². The minimum Gasteiger partial charge on any atom is -0.478 e. The van der Waals surface area contributed by atoms with E-state index in [1.54, 1.807) is 72.8 Å². The van der Waals surface area contributed by atoms with Crippen molar-refractivity contribution < 1.29 is 19.4 Å². The predicted octanol–water partition coefficient (Wildman–Crippen LogP) is 7.21. The highest BCUT2D eigenvalue weighted by molar-refractivity contribution is 5.92. The number of hydrogen-bond donors (Lipinski definition) is 2. The maximum Gasteiger partial charge on any atom is 0.343 e. The monoisotopic (exact) mass is 487 g/mol. The molecule has 5 rings (SSSR count). The van der Waals surface area contributed by atoms with Crippen molar-refractivity contribution in [2.75, 3.05) is 5.73 Å². The van der Waals surface area contributed by atoms with Gasteiger partial charge in [-0.15, -0.1) is 0 Å². The molecule has 0 aromatic heterocycles. The lowest BCUT2D eigenvalue weighted by molar-refractivity contribution is 0.0694. The maximum atomic E-state index is 12.1. The van der Waals surface area contributed by atoms with Crippen LogP contribution in [-0.2, 0) is 0 Å². The Labute approximate surface area is 215 Å². The van der Waals surface area contributed by atoms with E-state index in [1.807, 2.05) is 12.1 Å². The Balaban J connectivity index is 0.000000222. The highest BCUT2D eigenvalue weighted by Gasteiger charge is 2.09. The Morgan fingerprint density at radius 1 is 0.514 bits per heavy atom. The standard InChI is InChI=1S/C20H15NO4.C12H10/c21-17-9-11-18(12-10-17)25-20(24)16-7-3-14(4-8-16)13-1-5-15(6-2-13)19(22)23;1-3-7-11(8-4-1)12-9-5-2-6-10-12/h1-12H,21H2,(H,22,23);1-10H. The number of nitrogen functional groups attached to an aromatic ring is 1. The molecule has 3 N–H and O–H groups in total. The van der Waals surface area contributed by atoms with Crippen molar-refractivity contribution in [2.24, 2.45) is 0 Å². The molecule has 5 nitrogen and oxygen atoms in total. The van der Waals surface area contributed by atoms with E-state index in [0.717, 1.165) is 11.1 Å². The minimum absolute atomic E-state index is 0.229. The number of carboxylic acid groups (broad SMARTS) is 1. The number of nitrogens with two attached hydrogens (primary N) is 1. The van der Waals surface area contributed by atoms with Crippen LogP contribution in [0, 0.1) is 0 Å². The van der Waals surface area contributed by atoms with Crippen LogP contribution in [0.1, 0.15) is 20.7 Å². The van der Waals surface area contributed by atoms with Crippen molar-refractivity contribution in [3.8, 4) is 28.0 Å². The van der Waals surface area contributed by atoms with Crippen molar-refractivity contribution in [1.29, 1.82) is 0 Å². The average molecular weight is 488 g/mol. The number of benzene rings is 5. The third-order valence-corrected chi connectivity index (χ3v) is 5.56.